The maximum Gasteiger partial charge on any atom is 0.0777 e. The van der Waals surface area contributed by atoms with Gasteiger partial charge in [-0.15, -0.1) is 0 Å². The lowest BCUT2D eigenvalue weighted by atomic mass is 9.84. The molecule has 0 aliphatic heterocycles. The highest BCUT2D eigenvalue weighted by Gasteiger charge is 2.23. The predicted octanol–water partition coefficient (Wildman–Crippen LogP) is 5.03. The zero-order chi connectivity index (χ0) is 20.5. The summed E-state index contributed by atoms with van der Waals surface area (Å²) >= 11 is 0. The molecule has 3 rings (SSSR count). The molecular weight excluding hydrogens is 344 g/mol. The number of allylic oxidation sites excluding steroid dienone is 2. The summed E-state index contributed by atoms with van der Waals surface area (Å²) in [6, 6.07) is 4.26. The van der Waals surface area contributed by atoms with Gasteiger partial charge in [0.1, 0.15) is 0 Å². The third kappa shape index (κ3) is 4.01. The van der Waals surface area contributed by atoms with Gasteiger partial charge in [0.15, 0.2) is 0 Å². The van der Waals surface area contributed by atoms with E-state index < -0.39 is 0 Å². The monoisotopic (exact) mass is 376 g/mol. The summed E-state index contributed by atoms with van der Waals surface area (Å²) in [5.74, 6) is 0. The Bertz CT molecular complexity index is 984. The SMILES string of the molecule is CN=Cc1c(C)ccc2nc(/C(C=NC(C)(C)C)=C(\C)N)c3c(c12)CCCC3. The van der Waals surface area contributed by atoms with Gasteiger partial charge < -0.3 is 5.73 Å². The van der Waals surface area contributed by atoms with Crippen LogP contribution in [0.25, 0.3) is 16.5 Å². The van der Waals surface area contributed by atoms with Crippen LogP contribution in [-0.4, -0.2) is 30.0 Å². The molecule has 0 amide bonds. The van der Waals surface area contributed by atoms with Crippen LogP contribution in [0.5, 0.6) is 0 Å². The minimum absolute atomic E-state index is 0.153. The van der Waals surface area contributed by atoms with Crippen molar-refractivity contribution in [1.82, 2.24) is 4.98 Å². The highest BCUT2D eigenvalue weighted by atomic mass is 14.8. The molecule has 0 saturated heterocycles. The van der Waals surface area contributed by atoms with E-state index in [9.17, 15) is 0 Å². The van der Waals surface area contributed by atoms with Gasteiger partial charge in [0.25, 0.3) is 0 Å². The van der Waals surface area contributed by atoms with Crippen LogP contribution >= 0.6 is 0 Å². The summed E-state index contributed by atoms with van der Waals surface area (Å²) < 4.78 is 0. The average molecular weight is 377 g/mol. The first-order valence-corrected chi connectivity index (χ1v) is 10.1. The maximum absolute atomic E-state index is 6.30. The van der Waals surface area contributed by atoms with Crippen LogP contribution in [0.1, 0.15) is 68.5 Å². The Morgan fingerprint density at radius 3 is 2.43 bits per heavy atom. The lowest BCUT2D eigenvalue weighted by Gasteiger charge is -2.24. The van der Waals surface area contributed by atoms with Crippen molar-refractivity contribution in [1.29, 1.82) is 0 Å². The van der Waals surface area contributed by atoms with E-state index in [0.717, 1.165) is 35.3 Å². The van der Waals surface area contributed by atoms with Crippen LogP contribution < -0.4 is 5.73 Å². The highest BCUT2D eigenvalue weighted by Crippen LogP contribution is 2.35. The Labute approximate surface area is 168 Å². The molecule has 28 heavy (non-hydrogen) atoms. The van der Waals surface area contributed by atoms with Gasteiger partial charge in [-0.3, -0.25) is 9.98 Å². The lowest BCUT2D eigenvalue weighted by molar-refractivity contribution is 0.587. The molecule has 0 bridgehead atoms. The second kappa shape index (κ2) is 7.86. The van der Waals surface area contributed by atoms with Crippen LogP contribution in [0.4, 0.5) is 0 Å². The molecule has 1 heterocycles. The van der Waals surface area contributed by atoms with E-state index in [4.69, 9.17) is 15.7 Å². The molecule has 1 aliphatic carbocycles. The average Bonchev–Trinajstić information content (AvgIpc) is 2.63. The molecule has 4 heteroatoms. The van der Waals surface area contributed by atoms with Crippen molar-refractivity contribution < 1.29 is 0 Å². The van der Waals surface area contributed by atoms with Crippen molar-refractivity contribution >= 4 is 28.9 Å². The summed E-state index contributed by atoms with van der Waals surface area (Å²) in [5.41, 5.74) is 15.0. The summed E-state index contributed by atoms with van der Waals surface area (Å²) in [6.45, 7) is 10.4. The number of hydrogen-bond donors (Lipinski definition) is 1. The van der Waals surface area contributed by atoms with Gasteiger partial charge in [0.05, 0.1) is 16.7 Å². The molecule has 4 nitrogen and oxygen atoms in total. The number of aliphatic imine (C=N–C) groups is 2. The molecule has 0 radical (unpaired) electrons. The van der Waals surface area contributed by atoms with Crippen molar-refractivity contribution in [2.75, 3.05) is 7.05 Å². The molecule has 0 saturated carbocycles. The Hall–Kier alpha value is -2.49. The summed E-state index contributed by atoms with van der Waals surface area (Å²) in [7, 11) is 1.83. The second-order valence-electron chi connectivity index (χ2n) is 8.73. The number of pyridine rings is 1. The quantitative estimate of drug-likeness (QED) is 0.764. The summed E-state index contributed by atoms with van der Waals surface area (Å²) in [4.78, 5) is 14.1. The number of aryl methyl sites for hydroxylation is 2. The molecule has 1 aromatic heterocycles. The predicted molar refractivity (Wildman–Crippen MR) is 122 cm³/mol. The van der Waals surface area contributed by atoms with E-state index in [1.54, 1.807) is 0 Å². The molecule has 2 aromatic rings. The van der Waals surface area contributed by atoms with Crippen LogP contribution in [0.3, 0.4) is 0 Å². The minimum atomic E-state index is -0.153. The number of rotatable bonds is 3. The van der Waals surface area contributed by atoms with E-state index in [0.29, 0.717) is 0 Å². The van der Waals surface area contributed by atoms with E-state index in [1.165, 1.54) is 40.5 Å². The number of nitrogens with two attached hydrogens (primary N) is 1. The summed E-state index contributed by atoms with van der Waals surface area (Å²) in [5, 5.41) is 1.26. The summed E-state index contributed by atoms with van der Waals surface area (Å²) in [6.07, 6.45) is 8.39. The molecular formula is C24H32N4. The number of aromatic nitrogens is 1. The van der Waals surface area contributed by atoms with Gasteiger partial charge in [-0.05, 0) is 83.1 Å². The Kier molecular flexibility index (Phi) is 5.69. The van der Waals surface area contributed by atoms with Crippen molar-refractivity contribution in [3.8, 4) is 0 Å². The third-order valence-electron chi connectivity index (χ3n) is 5.25. The third-order valence-corrected chi connectivity index (χ3v) is 5.25. The van der Waals surface area contributed by atoms with E-state index >= 15 is 0 Å². The fourth-order valence-electron chi connectivity index (χ4n) is 3.88. The fourth-order valence-corrected chi connectivity index (χ4v) is 3.88. The first kappa shape index (κ1) is 20.2. The molecule has 0 fully saturated rings. The Morgan fingerprint density at radius 2 is 1.82 bits per heavy atom. The van der Waals surface area contributed by atoms with Crippen molar-refractivity contribution in [3.63, 3.8) is 0 Å². The zero-order valence-electron chi connectivity index (χ0n) is 18.1. The van der Waals surface area contributed by atoms with Crippen LogP contribution in [0.15, 0.2) is 27.8 Å². The van der Waals surface area contributed by atoms with Gasteiger partial charge in [0, 0.05) is 41.7 Å². The van der Waals surface area contributed by atoms with E-state index in [-0.39, 0.29) is 5.54 Å². The van der Waals surface area contributed by atoms with Crippen molar-refractivity contribution in [3.05, 3.63) is 45.8 Å². The number of fused-ring (bicyclic) bond motifs is 3. The first-order chi connectivity index (χ1) is 13.2. The van der Waals surface area contributed by atoms with Crippen LogP contribution in [-0.2, 0) is 12.8 Å². The Balaban J connectivity index is 2.35. The number of nitrogens with zero attached hydrogens (tertiary/aromatic N) is 3. The number of hydrogen-bond acceptors (Lipinski definition) is 4. The molecule has 1 aromatic carbocycles. The molecule has 2 N–H and O–H groups in total. The van der Waals surface area contributed by atoms with E-state index in [2.05, 4.69) is 44.8 Å². The van der Waals surface area contributed by atoms with Crippen LogP contribution in [0.2, 0.25) is 0 Å². The maximum atomic E-state index is 6.30. The van der Waals surface area contributed by atoms with Crippen LogP contribution in [0, 0.1) is 6.92 Å². The highest BCUT2D eigenvalue weighted by molar-refractivity contribution is 6.12. The zero-order valence-corrected chi connectivity index (χ0v) is 18.1. The topological polar surface area (TPSA) is 63.6 Å². The van der Waals surface area contributed by atoms with Gasteiger partial charge in [0.2, 0.25) is 0 Å². The van der Waals surface area contributed by atoms with E-state index in [1.807, 2.05) is 26.4 Å². The van der Waals surface area contributed by atoms with Crippen molar-refractivity contribution in [2.45, 2.75) is 65.8 Å². The lowest BCUT2D eigenvalue weighted by Crippen LogP contribution is -2.15. The Morgan fingerprint density at radius 1 is 1.14 bits per heavy atom. The normalized spacial score (nSPS) is 16.1. The first-order valence-electron chi connectivity index (χ1n) is 10.1. The second-order valence-corrected chi connectivity index (χ2v) is 8.73. The smallest absolute Gasteiger partial charge is 0.0777 e. The molecule has 0 spiro atoms. The number of benzene rings is 1. The van der Waals surface area contributed by atoms with Gasteiger partial charge in [-0.25, -0.2) is 4.98 Å². The molecule has 148 valence electrons. The molecule has 1 aliphatic rings. The minimum Gasteiger partial charge on any atom is -0.402 e. The van der Waals surface area contributed by atoms with Gasteiger partial charge >= 0.3 is 0 Å². The molecule has 0 unspecified atom stereocenters. The van der Waals surface area contributed by atoms with Crippen molar-refractivity contribution in [2.24, 2.45) is 15.7 Å². The molecule has 0 atom stereocenters. The van der Waals surface area contributed by atoms with Gasteiger partial charge in [-0.2, -0.15) is 0 Å². The largest absolute Gasteiger partial charge is 0.402 e. The fraction of sp³-hybridized carbons (Fsp3) is 0.458. The standard InChI is InChI=1S/C24H32N4/c1-15-11-12-21-22(19(15)13-26-6)17-9-7-8-10-18(17)23(28-21)20(16(2)25)14-27-24(3,4)5/h11-14H,7-10,25H2,1-6H3/b20-16+,26-13?,27-14?. The van der Waals surface area contributed by atoms with Gasteiger partial charge in [-0.1, -0.05) is 6.07 Å².